The molecule has 3 rings (SSSR count). The summed E-state index contributed by atoms with van der Waals surface area (Å²) in [6.45, 7) is 3.18. The molecular weight excluding hydrogens is 442 g/mol. The quantitative estimate of drug-likeness (QED) is 0.698. The van der Waals surface area contributed by atoms with Gasteiger partial charge in [-0.1, -0.05) is 11.6 Å². The molecule has 0 aliphatic carbocycles. The maximum Gasteiger partial charge on any atom is 0.265 e. The molecule has 2 aromatic rings. The van der Waals surface area contributed by atoms with Crippen LogP contribution in [-0.4, -0.2) is 52.3 Å². The molecule has 1 aliphatic heterocycles. The number of hydrogen-bond acceptors (Lipinski definition) is 7. The van der Waals surface area contributed by atoms with E-state index in [0.29, 0.717) is 17.9 Å². The average molecular weight is 464 g/mol. The van der Waals surface area contributed by atoms with E-state index < -0.39 is 19.9 Å². The van der Waals surface area contributed by atoms with Crippen molar-refractivity contribution in [2.24, 2.45) is 0 Å². The van der Waals surface area contributed by atoms with Crippen molar-refractivity contribution in [2.45, 2.75) is 31.2 Å². The molecule has 1 unspecified atom stereocenters. The van der Waals surface area contributed by atoms with Crippen molar-refractivity contribution in [3.63, 3.8) is 0 Å². The van der Waals surface area contributed by atoms with Crippen LogP contribution >= 0.6 is 11.6 Å². The van der Waals surface area contributed by atoms with Gasteiger partial charge in [-0.2, -0.15) is 5.10 Å². The first-order valence-electron chi connectivity index (χ1n) is 8.69. The maximum atomic E-state index is 13.1. The van der Waals surface area contributed by atoms with Crippen molar-refractivity contribution in [3.05, 3.63) is 28.5 Å². The van der Waals surface area contributed by atoms with Crippen molar-refractivity contribution in [3.8, 4) is 11.5 Å². The monoisotopic (exact) mass is 463 g/mol. The summed E-state index contributed by atoms with van der Waals surface area (Å²) in [5.74, 6) is 0.593. The van der Waals surface area contributed by atoms with Gasteiger partial charge < -0.3 is 9.47 Å². The highest BCUT2D eigenvalue weighted by molar-refractivity contribution is 7.93. The number of nitrogens with zero attached hydrogens (tertiary/aromatic N) is 2. The van der Waals surface area contributed by atoms with Gasteiger partial charge in [-0.15, -0.1) is 0 Å². The van der Waals surface area contributed by atoms with Crippen LogP contribution in [0.2, 0.25) is 5.02 Å². The first-order chi connectivity index (χ1) is 13.5. The fourth-order valence-electron chi connectivity index (χ4n) is 3.50. The Labute approximate surface area is 174 Å². The van der Waals surface area contributed by atoms with E-state index in [9.17, 15) is 16.8 Å². The number of anilines is 1. The van der Waals surface area contributed by atoms with Crippen molar-refractivity contribution in [1.82, 2.24) is 9.78 Å². The molecule has 1 fully saturated rings. The number of nitrogens with one attached hydrogen (secondary N) is 1. The van der Waals surface area contributed by atoms with Crippen LogP contribution in [0.1, 0.15) is 23.9 Å². The lowest BCUT2D eigenvalue weighted by Gasteiger charge is -2.15. The number of aromatic nitrogens is 2. The predicted octanol–water partition coefficient (Wildman–Crippen LogP) is 2.33. The number of hydrogen-bond donors (Lipinski definition) is 1. The van der Waals surface area contributed by atoms with E-state index in [1.807, 2.05) is 0 Å². The summed E-state index contributed by atoms with van der Waals surface area (Å²) in [5.41, 5.74) is 0.793. The number of rotatable bonds is 6. The molecule has 1 saturated heterocycles. The van der Waals surface area contributed by atoms with E-state index in [0.717, 1.165) is 0 Å². The fourth-order valence-corrected chi connectivity index (χ4v) is 6.89. The van der Waals surface area contributed by atoms with Crippen LogP contribution in [0.25, 0.3) is 0 Å². The minimum atomic E-state index is -4.04. The van der Waals surface area contributed by atoms with Crippen molar-refractivity contribution in [1.29, 1.82) is 0 Å². The second kappa shape index (κ2) is 7.69. The summed E-state index contributed by atoms with van der Waals surface area (Å²) in [6.07, 6.45) is 0.402. The Kier molecular flexibility index (Phi) is 5.76. The molecule has 1 aromatic heterocycles. The zero-order valence-electron chi connectivity index (χ0n) is 16.4. The van der Waals surface area contributed by atoms with E-state index in [1.54, 1.807) is 13.8 Å². The van der Waals surface area contributed by atoms with Gasteiger partial charge in [0.1, 0.15) is 16.4 Å². The zero-order valence-corrected chi connectivity index (χ0v) is 18.8. The van der Waals surface area contributed by atoms with E-state index in [1.165, 1.54) is 31.0 Å². The number of benzene rings is 1. The summed E-state index contributed by atoms with van der Waals surface area (Å²) in [4.78, 5) is -0.00390. The fraction of sp³-hybridized carbons (Fsp3) is 0.471. The lowest BCUT2D eigenvalue weighted by atomic mass is 10.2. The Morgan fingerprint density at radius 1 is 1.21 bits per heavy atom. The number of ether oxygens (including phenoxy) is 2. The maximum absolute atomic E-state index is 13.1. The standard InChI is InChI=1S/C17H22ClN3O6S2/c1-10-17(11(2)21(19-10)12-5-6-28(22,23)9-12)29(24,25)20-14-7-13(18)15(26-3)8-16(14)27-4/h7-8,12,20H,5-6,9H2,1-4H3. The number of methoxy groups -OCH3 is 2. The Bertz CT molecular complexity index is 1160. The minimum Gasteiger partial charge on any atom is -0.495 e. The second-order valence-corrected chi connectivity index (χ2v) is 11.0. The number of sulfone groups is 1. The van der Waals surface area contributed by atoms with Gasteiger partial charge in [-0.3, -0.25) is 9.40 Å². The van der Waals surface area contributed by atoms with Gasteiger partial charge >= 0.3 is 0 Å². The predicted molar refractivity (Wildman–Crippen MR) is 109 cm³/mol. The normalized spacial score (nSPS) is 18.6. The SMILES string of the molecule is COc1cc(OC)c(NS(=O)(=O)c2c(C)nn(C3CCS(=O)(=O)C3)c2C)cc1Cl. The van der Waals surface area contributed by atoms with E-state index in [2.05, 4.69) is 9.82 Å². The Balaban J connectivity index is 2.00. The molecular formula is C17H22ClN3O6S2. The van der Waals surface area contributed by atoms with Crippen molar-refractivity contribution in [2.75, 3.05) is 30.4 Å². The van der Waals surface area contributed by atoms with Gasteiger partial charge in [-0.25, -0.2) is 16.8 Å². The molecule has 160 valence electrons. The van der Waals surface area contributed by atoms with Crippen LogP contribution < -0.4 is 14.2 Å². The van der Waals surface area contributed by atoms with Gasteiger partial charge in [0.25, 0.3) is 10.0 Å². The Morgan fingerprint density at radius 2 is 1.86 bits per heavy atom. The van der Waals surface area contributed by atoms with Gasteiger partial charge in [0.05, 0.1) is 53.9 Å². The molecule has 1 aliphatic rings. The third-order valence-corrected chi connectivity index (χ3v) is 8.46. The molecule has 0 bridgehead atoms. The van der Waals surface area contributed by atoms with Crippen LogP contribution in [-0.2, 0) is 19.9 Å². The summed E-state index contributed by atoms with van der Waals surface area (Å²) < 4.78 is 64.2. The molecule has 0 saturated carbocycles. The summed E-state index contributed by atoms with van der Waals surface area (Å²) in [5, 5.41) is 4.52. The highest BCUT2D eigenvalue weighted by Gasteiger charge is 2.34. The molecule has 9 nitrogen and oxygen atoms in total. The van der Waals surface area contributed by atoms with Gasteiger partial charge in [-0.05, 0) is 26.3 Å². The number of sulfonamides is 1. The molecule has 1 atom stereocenters. The Morgan fingerprint density at radius 3 is 2.41 bits per heavy atom. The topological polar surface area (TPSA) is 117 Å². The zero-order chi connectivity index (χ0) is 21.6. The third kappa shape index (κ3) is 4.17. The lowest BCUT2D eigenvalue weighted by Crippen LogP contribution is -2.17. The highest BCUT2D eigenvalue weighted by atomic mass is 35.5. The molecule has 0 amide bonds. The summed E-state index contributed by atoms with van der Waals surface area (Å²) in [6, 6.07) is 2.50. The van der Waals surface area contributed by atoms with Gasteiger partial charge in [0.15, 0.2) is 9.84 Å². The van der Waals surface area contributed by atoms with Crippen molar-refractivity contribution < 1.29 is 26.3 Å². The molecule has 1 aromatic carbocycles. The second-order valence-electron chi connectivity index (χ2n) is 6.79. The van der Waals surface area contributed by atoms with Gasteiger partial charge in [0.2, 0.25) is 0 Å². The number of aryl methyl sites for hydroxylation is 1. The minimum absolute atomic E-state index is 0.00390. The van der Waals surface area contributed by atoms with E-state index in [-0.39, 0.29) is 44.6 Å². The van der Waals surface area contributed by atoms with E-state index in [4.69, 9.17) is 21.1 Å². The van der Waals surface area contributed by atoms with E-state index >= 15 is 0 Å². The van der Waals surface area contributed by atoms with Crippen LogP contribution in [0, 0.1) is 13.8 Å². The lowest BCUT2D eigenvalue weighted by molar-refractivity contribution is 0.396. The van der Waals surface area contributed by atoms with Crippen molar-refractivity contribution >= 4 is 37.1 Å². The molecule has 2 heterocycles. The van der Waals surface area contributed by atoms with Crippen LogP contribution in [0.5, 0.6) is 11.5 Å². The third-order valence-electron chi connectivity index (χ3n) is 4.80. The van der Waals surface area contributed by atoms with Gasteiger partial charge in [0, 0.05) is 6.07 Å². The summed E-state index contributed by atoms with van der Waals surface area (Å²) in [7, 11) is -4.34. The molecule has 1 N–H and O–H groups in total. The Hall–Kier alpha value is -1.98. The largest absolute Gasteiger partial charge is 0.495 e. The average Bonchev–Trinajstić information content (AvgIpc) is 3.13. The smallest absolute Gasteiger partial charge is 0.265 e. The summed E-state index contributed by atoms with van der Waals surface area (Å²) >= 11 is 6.12. The first kappa shape index (κ1) is 21.7. The molecule has 29 heavy (non-hydrogen) atoms. The van der Waals surface area contributed by atoms with Crippen LogP contribution in [0.15, 0.2) is 17.0 Å². The molecule has 12 heteroatoms. The van der Waals surface area contributed by atoms with Crippen LogP contribution in [0.3, 0.4) is 0 Å². The van der Waals surface area contributed by atoms with Crippen LogP contribution in [0.4, 0.5) is 5.69 Å². The molecule has 0 radical (unpaired) electrons. The highest BCUT2D eigenvalue weighted by Crippen LogP contribution is 2.37. The molecule has 0 spiro atoms. The number of halogens is 1. The first-order valence-corrected chi connectivity index (χ1v) is 12.4.